The Hall–Kier alpha value is -1.71. The number of esters is 2. The van der Waals surface area contributed by atoms with Gasteiger partial charge in [0.1, 0.15) is 26.2 Å². The summed E-state index contributed by atoms with van der Waals surface area (Å²) in [6.07, 6.45) is -0.346. The summed E-state index contributed by atoms with van der Waals surface area (Å²) in [5.74, 6) is 1.09. The minimum absolute atomic E-state index is 0.236. The second-order valence-electron chi connectivity index (χ2n) is 5.12. The SMILES string of the molecule is CCOC(=O)CC(=O)OCCSc1ccsc1-c1scc2c1OCCO2. The Labute approximate surface area is 163 Å². The Bertz CT molecular complexity index is 766. The van der Waals surface area contributed by atoms with E-state index >= 15 is 0 Å². The minimum Gasteiger partial charge on any atom is -0.485 e. The second kappa shape index (κ2) is 9.29. The molecule has 0 aliphatic carbocycles. The summed E-state index contributed by atoms with van der Waals surface area (Å²) >= 11 is 4.85. The van der Waals surface area contributed by atoms with Crippen LogP contribution in [0.2, 0.25) is 0 Å². The first kappa shape index (κ1) is 19.1. The van der Waals surface area contributed by atoms with Crippen LogP contribution >= 0.6 is 34.4 Å². The Morgan fingerprint density at radius 3 is 2.81 bits per heavy atom. The zero-order chi connectivity index (χ0) is 18.4. The average molecular weight is 415 g/mol. The summed E-state index contributed by atoms with van der Waals surface area (Å²) in [6.45, 7) is 3.32. The number of thioether (sulfide) groups is 1. The highest BCUT2D eigenvalue weighted by molar-refractivity contribution is 7.99. The third-order valence-corrected chi connectivity index (χ3v) is 6.50. The molecule has 2 aromatic rings. The number of hydrogen-bond acceptors (Lipinski definition) is 9. The van der Waals surface area contributed by atoms with Crippen LogP contribution in [-0.2, 0) is 19.1 Å². The van der Waals surface area contributed by atoms with Gasteiger partial charge in [0.2, 0.25) is 0 Å². The number of fused-ring (bicyclic) bond motifs is 1. The lowest BCUT2D eigenvalue weighted by Crippen LogP contribution is -2.15. The first-order valence-electron chi connectivity index (χ1n) is 8.08. The molecule has 1 aliphatic heterocycles. The molecule has 0 radical (unpaired) electrons. The van der Waals surface area contributed by atoms with Gasteiger partial charge in [0, 0.05) is 16.0 Å². The van der Waals surface area contributed by atoms with Crippen molar-refractivity contribution in [1.82, 2.24) is 0 Å². The van der Waals surface area contributed by atoms with Crippen LogP contribution in [0.4, 0.5) is 0 Å². The molecule has 9 heteroatoms. The molecule has 3 heterocycles. The van der Waals surface area contributed by atoms with E-state index in [9.17, 15) is 9.59 Å². The van der Waals surface area contributed by atoms with Crippen molar-refractivity contribution in [1.29, 1.82) is 0 Å². The Balaban J connectivity index is 1.51. The van der Waals surface area contributed by atoms with Crippen LogP contribution in [0.3, 0.4) is 0 Å². The van der Waals surface area contributed by atoms with Gasteiger partial charge in [0.25, 0.3) is 0 Å². The molecule has 0 saturated heterocycles. The summed E-state index contributed by atoms with van der Waals surface area (Å²) in [6, 6.07) is 2.04. The number of hydrogen-bond donors (Lipinski definition) is 0. The van der Waals surface area contributed by atoms with Crippen molar-refractivity contribution in [3.63, 3.8) is 0 Å². The normalized spacial score (nSPS) is 12.7. The Morgan fingerprint density at radius 2 is 1.96 bits per heavy atom. The van der Waals surface area contributed by atoms with Gasteiger partial charge in [-0.15, -0.1) is 34.4 Å². The van der Waals surface area contributed by atoms with Crippen molar-refractivity contribution in [2.24, 2.45) is 0 Å². The molecule has 26 heavy (non-hydrogen) atoms. The molecule has 0 N–H and O–H groups in total. The molecule has 0 amide bonds. The van der Waals surface area contributed by atoms with Crippen LogP contribution in [0.25, 0.3) is 9.75 Å². The Morgan fingerprint density at radius 1 is 1.15 bits per heavy atom. The van der Waals surface area contributed by atoms with Crippen LogP contribution in [0.5, 0.6) is 11.5 Å². The van der Waals surface area contributed by atoms with Gasteiger partial charge >= 0.3 is 11.9 Å². The number of carbonyl (C=O) groups excluding carboxylic acids is 2. The van der Waals surface area contributed by atoms with E-state index in [0.29, 0.717) is 19.0 Å². The predicted molar refractivity (Wildman–Crippen MR) is 102 cm³/mol. The topological polar surface area (TPSA) is 71.1 Å². The highest BCUT2D eigenvalue weighted by Gasteiger charge is 2.22. The fourth-order valence-corrected chi connectivity index (χ4v) is 5.44. The summed E-state index contributed by atoms with van der Waals surface area (Å²) < 4.78 is 21.2. The second-order valence-corrected chi connectivity index (χ2v) is 8.05. The first-order valence-corrected chi connectivity index (χ1v) is 10.8. The average Bonchev–Trinajstić information content (AvgIpc) is 3.25. The number of ether oxygens (including phenoxy) is 4. The van der Waals surface area contributed by atoms with Crippen LogP contribution in [0.1, 0.15) is 13.3 Å². The van der Waals surface area contributed by atoms with Crippen LogP contribution in [-0.4, -0.2) is 44.1 Å². The van der Waals surface area contributed by atoms with Gasteiger partial charge in [-0.25, -0.2) is 0 Å². The molecule has 2 aromatic heterocycles. The third kappa shape index (κ3) is 4.72. The van der Waals surface area contributed by atoms with E-state index in [1.54, 1.807) is 41.4 Å². The third-order valence-electron chi connectivity index (χ3n) is 3.33. The van der Waals surface area contributed by atoms with E-state index < -0.39 is 11.9 Å². The highest BCUT2D eigenvalue weighted by Crippen LogP contribution is 2.49. The fraction of sp³-hybridized carbons (Fsp3) is 0.412. The fourth-order valence-electron chi connectivity index (χ4n) is 2.28. The summed E-state index contributed by atoms with van der Waals surface area (Å²) in [5, 5.41) is 4.00. The standard InChI is InChI=1S/C17H18O6S3/c1-2-20-13(18)9-14(19)22-6-8-24-12-3-7-25-16(12)17-15-11(10-26-17)21-4-5-23-15/h3,7,10H,2,4-6,8-9H2,1H3. The lowest BCUT2D eigenvalue weighted by molar-refractivity contribution is -0.153. The Kier molecular flexibility index (Phi) is 6.81. The summed E-state index contributed by atoms with van der Waals surface area (Å²) in [4.78, 5) is 26.1. The number of thiophene rings is 2. The molecule has 6 nitrogen and oxygen atoms in total. The van der Waals surface area contributed by atoms with Crippen molar-refractivity contribution in [2.45, 2.75) is 18.2 Å². The molecule has 0 spiro atoms. The molecule has 140 valence electrons. The maximum atomic E-state index is 11.5. The summed E-state index contributed by atoms with van der Waals surface area (Å²) in [5.41, 5.74) is 0. The quantitative estimate of drug-likeness (QED) is 0.281. The van der Waals surface area contributed by atoms with Crippen molar-refractivity contribution in [3.05, 3.63) is 16.8 Å². The van der Waals surface area contributed by atoms with Gasteiger partial charge in [-0.05, 0) is 18.4 Å². The zero-order valence-corrected chi connectivity index (χ0v) is 16.6. The lowest BCUT2D eigenvalue weighted by atomic mass is 10.3. The van der Waals surface area contributed by atoms with Crippen molar-refractivity contribution in [2.75, 3.05) is 32.2 Å². The molecular formula is C17H18O6S3. The van der Waals surface area contributed by atoms with Crippen molar-refractivity contribution >= 4 is 46.4 Å². The van der Waals surface area contributed by atoms with Gasteiger partial charge in [0.15, 0.2) is 11.5 Å². The zero-order valence-electron chi connectivity index (χ0n) is 14.1. The van der Waals surface area contributed by atoms with E-state index in [4.69, 9.17) is 18.9 Å². The molecular weight excluding hydrogens is 396 g/mol. The summed E-state index contributed by atoms with van der Waals surface area (Å²) in [7, 11) is 0. The van der Waals surface area contributed by atoms with Gasteiger partial charge in [-0.2, -0.15) is 0 Å². The molecule has 0 saturated carbocycles. The van der Waals surface area contributed by atoms with E-state index in [1.807, 2.05) is 16.8 Å². The van der Waals surface area contributed by atoms with Crippen LogP contribution in [0.15, 0.2) is 21.7 Å². The monoisotopic (exact) mass is 414 g/mol. The molecule has 0 unspecified atom stereocenters. The first-order chi connectivity index (χ1) is 12.7. The van der Waals surface area contributed by atoms with Crippen LogP contribution < -0.4 is 9.47 Å². The van der Waals surface area contributed by atoms with Gasteiger partial charge < -0.3 is 18.9 Å². The largest absolute Gasteiger partial charge is 0.485 e. The van der Waals surface area contributed by atoms with Gasteiger partial charge in [-0.1, -0.05) is 0 Å². The number of rotatable bonds is 8. The maximum absolute atomic E-state index is 11.5. The van der Waals surface area contributed by atoms with E-state index in [-0.39, 0.29) is 19.6 Å². The predicted octanol–water partition coefficient (Wildman–Crippen LogP) is 3.84. The van der Waals surface area contributed by atoms with E-state index in [1.165, 1.54) is 0 Å². The molecule has 1 aliphatic rings. The molecule has 0 aromatic carbocycles. The molecule has 0 atom stereocenters. The maximum Gasteiger partial charge on any atom is 0.317 e. The van der Waals surface area contributed by atoms with Gasteiger partial charge in [0.05, 0.1) is 16.4 Å². The van der Waals surface area contributed by atoms with E-state index in [2.05, 4.69) is 0 Å². The van der Waals surface area contributed by atoms with Crippen molar-refractivity contribution in [3.8, 4) is 21.3 Å². The molecule has 0 bridgehead atoms. The van der Waals surface area contributed by atoms with Gasteiger partial charge in [-0.3, -0.25) is 9.59 Å². The van der Waals surface area contributed by atoms with E-state index in [0.717, 1.165) is 26.1 Å². The van der Waals surface area contributed by atoms with Crippen molar-refractivity contribution < 1.29 is 28.5 Å². The molecule has 3 rings (SSSR count). The highest BCUT2D eigenvalue weighted by atomic mass is 32.2. The number of carbonyl (C=O) groups is 2. The smallest absolute Gasteiger partial charge is 0.317 e. The molecule has 0 fully saturated rings. The lowest BCUT2D eigenvalue weighted by Gasteiger charge is -2.16. The minimum atomic E-state index is -0.563. The van der Waals surface area contributed by atoms with Crippen LogP contribution in [0, 0.1) is 0 Å².